The molecule has 0 amide bonds. The van der Waals surface area contributed by atoms with Crippen molar-refractivity contribution in [2.24, 2.45) is 0 Å². The molecule has 3 heterocycles. The Morgan fingerprint density at radius 2 is 1.97 bits per heavy atom. The fourth-order valence-electron chi connectivity index (χ4n) is 3.02. The molecule has 7 nitrogen and oxygen atoms in total. The highest BCUT2D eigenvalue weighted by atomic mass is 32.1. The van der Waals surface area contributed by atoms with Crippen molar-refractivity contribution in [1.82, 2.24) is 24.8 Å². The molecule has 0 aliphatic rings. The Hall–Kier alpha value is -3.10. The van der Waals surface area contributed by atoms with E-state index in [0.29, 0.717) is 28.8 Å². The van der Waals surface area contributed by atoms with Crippen molar-refractivity contribution < 1.29 is 0 Å². The zero-order valence-corrected chi connectivity index (χ0v) is 17.2. The van der Waals surface area contributed by atoms with E-state index in [-0.39, 0.29) is 5.56 Å². The van der Waals surface area contributed by atoms with Gasteiger partial charge in [-0.05, 0) is 25.7 Å². The van der Waals surface area contributed by atoms with Gasteiger partial charge in [-0.3, -0.25) is 9.78 Å². The SMILES string of the molecule is CN(C)CCNc1nc(-c2nccc3c(=O)[nH]c(Cc4ccccc4)nc23)cs1. The van der Waals surface area contributed by atoms with E-state index < -0.39 is 0 Å². The summed E-state index contributed by atoms with van der Waals surface area (Å²) in [7, 11) is 4.07. The summed E-state index contributed by atoms with van der Waals surface area (Å²) in [6.45, 7) is 1.73. The van der Waals surface area contributed by atoms with E-state index in [1.807, 2.05) is 49.8 Å². The Kier molecular flexibility index (Phi) is 5.64. The predicted molar refractivity (Wildman–Crippen MR) is 118 cm³/mol. The molecule has 0 spiro atoms. The van der Waals surface area contributed by atoms with Gasteiger partial charge in [0.05, 0.1) is 5.39 Å². The summed E-state index contributed by atoms with van der Waals surface area (Å²) in [6, 6.07) is 11.6. The highest BCUT2D eigenvalue weighted by molar-refractivity contribution is 7.14. The third kappa shape index (κ3) is 4.49. The summed E-state index contributed by atoms with van der Waals surface area (Å²) in [5.74, 6) is 0.613. The van der Waals surface area contributed by atoms with Gasteiger partial charge in [0.2, 0.25) is 0 Å². The van der Waals surface area contributed by atoms with E-state index in [1.54, 1.807) is 12.3 Å². The van der Waals surface area contributed by atoms with Crippen LogP contribution in [0, 0.1) is 0 Å². The summed E-state index contributed by atoms with van der Waals surface area (Å²) in [5, 5.41) is 6.61. The molecule has 1 aromatic carbocycles. The van der Waals surface area contributed by atoms with Gasteiger partial charge in [-0.15, -0.1) is 11.3 Å². The zero-order chi connectivity index (χ0) is 20.2. The topological polar surface area (TPSA) is 86.8 Å². The number of nitrogens with zero attached hydrogens (tertiary/aromatic N) is 4. The van der Waals surface area contributed by atoms with Gasteiger partial charge in [-0.2, -0.15) is 0 Å². The van der Waals surface area contributed by atoms with Crippen LogP contribution in [0.25, 0.3) is 22.3 Å². The first-order valence-electron chi connectivity index (χ1n) is 9.36. The Balaban J connectivity index is 1.68. The Labute approximate surface area is 172 Å². The average molecular weight is 407 g/mol. The first-order valence-corrected chi connectivity index (χ1v) is 10.2. The van der Waals surface area contributed by atoms with Gasteiger partial charge < -0.3 is 15.2 Å². The lowest BCUT2D eigenvalue weighted by atomic mass is 10.1. The quantitative estimate of drug-likeness (QED) is 0.491. The minimum atomic E-state index is -0.163. The van der Waals surface area contributed by atoms with Gasteiger partial charge in [0.15, 0.2) is 5.13 Å². The molecule has 0 unspecified atom stereocenters. The number of nitrogens with one attached hydrogen (secondary N) is 2. The lowest BCUT2D eigenvalue weighted by Crippen LogP contribution is -2.20. The molecule has 148 valence electrons. The summed E-state index contributed by atoms with van der Waals surface area (Å²) < 4.78 is 0. The summed E-state index contributed by atoms with van der Waals surface area (Å²) >= 11 is 1.52. The number of fused-ring (bicyclic) bond motifs is 1. The predicted octanol–water partition coefficient (Wildman–Crippen LogP) is 3.01. The highest BCUT2D eigenvalue weighted by Gasteiger charge is 2.14. The number of aromatic nitrogens is 4. The molecule has 2 N–H and O–H groups in total. The second-order valence-electron chi connectivity index (χ2n) is 7.00. The molecule has 4 aromatic rings. The van der Waals surface area contributed by atoms with E-state index in [2.05, 4.69) is 25.2 Å². The monoisotopic (exact) mass is 406 g/mol. The first kappa shape index (κ1) is 19.2. The van der Waals surface area contributed by atoms with Crippen molar-refractivity contribution in [1.29, 1.82) is 0 Å². The van der Waals surface area contributed by atoms with Gasteiger partial charge in [0.1, 0.15) is 22.7 Å². The van der Waals surface area contributed by atoms with Gasteiger partial charge in [0.25, 0.3) is 5.56 Å². The number of rotatable bonds is 7. The minimum absolute atomic E-state index is 0.163. The van der Waals surface area contributed by atoms with E-state index in [9.17, 15) is 4.79 Å². The van der Waals surface area contributed by atoms with Crippen LogP contribution >= 0.6 is 11.3 Å². The number of hydrogen-bond acceptors (Lipinski definition) is 7. The van der Waals surface area contributed by atoms with Gasteiger partial charge in [-0.25, -0.2) is 9.97 Å². The Bertz CT molecular complexity index is 1170. The van der Waals surface area contributed by atoms with Crippen LogP contribution in [-0.4, -0.2) is 52.0 Å². The fourth-order valence-corrected chi connectivity index (χ4v) is 3.75. The molecule has 3 aromatic heterocycles. The molecule has 0 bridgehead atoms. The zero-order valence-electron chi connectivity index (χ0n) is 16.3. The van der Waals surface area contributed by atoms with Crippen molar-refractivity contribution in [2.45, 2.75) is 6.42 Å². The molecule has 29 heavy (non-hydrogen) atoms. The molecule has 0 fully saturated rings. The van der Waals surface area contributed by atoms with E-state index in [0.717, 1.165) is 29.5 Å². The lowest BCUT2D eigenvalue weighted by molar-refractivity contribution is 0.425. The number of thiazole rings is 1. The summed E-state index contributed by atoms with van der Waals surface area (Å²) in [4.78, 5) is 31.5. The summed E-state index contributed by atoms with van der Waals surface area (Å²) in [6.07, 6.45) is 2.18. The van der Waals surface area contributed by atoms with Crippen LogP contribution in [0.5, 0.6) is 0 Å². The maximum Gasteiger partial charge on any atom is 0.258 e. The van der Waals surface area contributed by atoms with Crippen molar-refractivity contribution >= 4 is 27.4 Å². The molecule has 0 saturated carbocycles. The van der Waals surface area contributed by atoms with Gasteiger partial charge in [0, 0.05) is 31.1 Å². The number of pyridine rings is 1. The standard InChI is InChI=1S/C21H22N6OS/c1-27(2)11-10-23-21-24-16(13-29-21)19-18-15(8-9-22-19)20(28)26-17(25-18)12-14-6-4-3-5-7-14/h3-9,13H,10-12H2,1-2H3,(H,23,24)(H,25,26,28). The van der Waals surface area contributed by atoms with Gasteiger partial charge >= 0.3 is 0 Å². The molecule has 0 aliphatic heterocycles. The van der Waals surface area contributed by atoms with E-state index >= 15 is 0 Å². The first-order chi connectivity index (χ1) is 14.1. The van der Waals surface area contributed by atoms with Crippen molar-refractivity contribution in [2.75, 3.05) is 32.5 Å². The summed E-state index contributed by atoms with van der Waals surface area (Å²) in [5.41, 5.74) is 2.84. The van der Waals surface area contributed by atoms with Crippen LogP contribution < -0.4 is 10.9 Å². The Morgan fingerprint density at radius 1 is 1.14 bits per heavy atom. The van der Waals surface area contributed by atoms with Crippen LogP contribution in [0.2, 0.25) is 0 Å². The highest BCUT2D eigenvalue weighted by Crippen LogP contribution is 2.27. The molecular formula is C21H22N6OS. The normalized spacial score (nSPS) is 11.3. The fraction of sp³-hybridized carbons (Fsp3) is 0.238. The maximum absolute atomic E-state index is 12.6. The maximum atomic E-state index is 12.6. The molecule has 8 heteroatoms. The van der Waals surface area contributed by atoms with Crippen LogP contribution in [0.15, 0.2) is 52.8 Å². The number of H-pyrrole nitrogens is 1. The molecule has 0 atom stereocenters. The minimum Gasteiger partial charge on any atom is -0.360 e. The molecule has 0 radical (unpaired) electrons. The van der Waals surface area contributed by atoms with Crippen LogP contribution in [0.3, 0.4) is 0 Å². The molecule has 0 saturated heterocycles. The van der Waals surface area contributed by atoms with Gasteiger partial charge in [-0.1, -0.05) is 30.3 Å². The third-order valence-corrected chi connectivity index (χ3v) is 5.27. The average Bonchev–Trinajstić information content (AvgIpc) is 3.17. The van der Waals surface area contributed by atoms with Crippen LogP contribution in [0.4, 0.5) is 5.13 Å². The van der Waals surface area contributed by atoms with Crippen LogP contribution in [-0.2, 0) is 6.42 Å². The number of benzene rings is 1. The number of hydrogen-bond donors (Lipinski definition) is 2. The van der Waals surface area contributed by atoms with E-state index in [1.165, 1.54) is 11.3 Å². The van der Waals surface area contributed by atoms with Crippen molar-refractivity contribution in [3.8, 4) is 11.4 Å². The largest absolute Gasteiger partial charge is 0.360 e. The lowest BCUT2D eigenvalue weighted by Gasteiger charge is -2.09. The second kappa shape index (κ2) is 8.50. The second-order valence-corrected chi connectivity index (χ2v) is 7.86. The number of anilines is 1. The van der Waals surface area contributed by atoms with Crippen LogP contribution in [0.1, 0.15) is 11.4 Å². The molecular weight excluding hydrogens is 384 g/mol. The molecule has 0 aliphatic carbocycles. The Morgan fingerprint density at radius 3 is 2.76 bits per heavy atom. The number of likely N-dealkylation sites (N-methyl/N-ethyl adjacent to an activating group) is 1. The smallest absolute Gasteiger partial charge is 0.258 e. The van der Waals surface area contributed by atoms with Crippen molar-refractivity contribution in [3.63, 3.8) is 0 Å². The van der Waals surface area contributed by atoms with Crippen molar-refractivity contribution in [3.05, 3.63) is 69.7 Å². The number of aromatic amines is 1. The van der Waals surface area contributed by atoms with E-state index in [4.69, 9.17) is 4.98 Å². The molecule has 4 rings (SSSR count). The third-order valence-electron chi connectivity index (χ3n) is 4.47.